The summed E-state index contributed by atoms with van der Waals surface area (Å²) in [6, 6.07) is 74.7. The molecule has 272 valence electrons. The number of para-hydroxylation sites is 3. The average molecular weight is 741 g/mol. The number of aromatic nitrogens is 1. The Kier molecular flexibility index (Phi) is 7.29. The molecule has 9 aromatic carbocycles. The molecule has 0 fully saturated rings. The van der Waals surface area contributed by atoms with Gasteiger partial charge in [-0.1, -0.05) is 127 Å². The van der Waals surface area contributed by atoms with Crippen LogP contribution in [0, 0.1) is 0 Å². The molecule has 0 saturated heterocycles. The summed E-state index contributed by atoms with van der Waals surface area (Å²) in [5.74, 6) is 0. The molecule has 1 aliphatic rings. The van der Waals surface area contributed by atoms with Gasteiger partial charge in [0.05, 0.1) is 11.0 Å². The highest BCUT2D eigenvalue weighted by Gasteiger charge is 2.20. The second-order valence-electron chi connectivity index (χ2n) is 15.3. The van der Waals surface area contributed by atoms with Gasteiger partial charge in [0.15, 0.2) is 0 Å². The topological polar surface area (TPSA) is 21.3 Å². The highest BCUT2D eigenvalue weighted by atomic mass is 16.3. The first kappa shape index (κ1) is 32.6. The van der Waals surface area contributed by atoms with Gasteiger partial charge < -0.3 is 13.9 Å². The molecule has 0 aliphatic heterocycles. The van der Waals surface area contributed by atoms with Crippen LogP contribution in [-0.2, 0) is 6.42 Å². The Morgan fingerprint density at radius 3 is 1.76 bits per heavy atom. The van der Waals surface area contributed by atoms with Crippen molar-refractivity contribution in [2.75, 3.05) is 4.90 Å². The molecule has 2 heterocycles. The molecule has 12 rings (SSSR count). The number of furan rings is 1. The van der Waals surface area contributed by atoms with Crippen LogP contribution in [0.5, 0.6) is 0 Å². The van der Waals surface area contributed by atoms with Crippen LogP contribution < -0.4 is 4.90 Å². The zero-order chi connectivity index (χ0) is 38.2. The van der Waals surface area contributed by atoms with E-state index in [1.807, 2.05) is 12.1 Å². The van der Waals surface area contributed by atoms with E-state index in [4.69, 9.17) is 4.42 Å². The second kappa shape index (κ2) is 13.0. The smallest absolute Gasteiger partial charge is 0.135 e. The third-order valence-electron chi connectivity index (χ3n) is 12.0. The van der Waals surface area contributed by atoms with Crippen molar-refractivity contribution in [2.24, 2.45) is 0 Å². The standard InChI is InChI=1S/C55H36N2O/c1-2-11-42(12-3-1)57-52-16-8-6-14-48(52)50-34-39(23-30-53(50)57)37-20-26-44(27-21-37)56(45-28-31-55-51(35-45)49-15-7-9-17-54(49)58-55)43-24-18-36(19-25-43)38-22-29-47-41(32-38)33-40-10-4-5-13-46(40)47/h1-32,34-35H,33H2. The molecular weight excluding hydrogens is 705 g/mol. The van der Waals surface area contributed by atoms with Crippen molar-refractivity contribution in [1.82, 2.24) is 4.57 Å². The summed E-state index contributed by atoms with van der Waals surface area (Å²) in [6.45, 7) is 0. The summed E-state index contributed by atoms with van der Waals surface area (Å²) in [6.07, 6.45) is 0.983. The second-order valence-corrected chi connectivity index (χ2v) is 15.3. The summed E-state index contributed by atoms with van der Waals surface area (Å²) >= 11 is 0. The average Bonchev–Trinajstić information content (AvgIpc) is 3.96. The molecule has 0 bridgehead atoms. The van der Waals surface area contributed by atoms with Crippen LogP contribution in [0.15, 0.2) is 211 Å². The van der Waals surface area contributed by atoms with Gasteiger partial charge in [-0.2, -0.15) is 0 Å². The predicted octanol–water partition coefficient (Wildman–Crippen LogP) is 15.1. The molecule has 0 spiro atoms. The fourth-order valence-corrected chi connectivity index (χ4v) is 9.24. The lowest BCUT2D eigenvalue weighted by molar-refractivity contribution is 0.669. The molecule has 0 amide bonds. The quantitative estimate of drug-likeness (QED) is 0.169. The Bertz CT molecular complexity index is 3350. The summed E-state index contributed by atoms with van der Waals surface area (Å²) in [4.78, 5) is 2.35. The minimum absolute atomic E-state index is 0.887. The normalized spacial score (nSPS) is 12.1. The lowest BCUT2D eigenvalue weighted by Gasteiger charge is -2.26. The number of hydrogen-bond donors (Lipinski definition) is 0. The van der Waals surface area contributed by atoms with Gasteiger partial charge >= 0.3 is 0 Å². The van der Waals surface area contributed by atoms with Crippen molar-refractivity contribution in [3.63, 3.8) is 0 Å². The molecule has 11 aromatic rings. The maximum Gasteiger partial charge on any atom is 0.135 e. The first-order valence-corrected chi connectivity index (χ1v) is 20.0. The van der Waals surface area contributed by atoms with Crippen molar-refractivity contribution in [2.45, 2.75) is 6.42 Å². The van der Waals surface area contributed by atoms with E-state index >= 15 is 0 Å². The first-order chi connectivity index (χ1) is 28.7. The van der Waals surface area contributed by atoms with Gasteiger partial charge in [0.1, 0.15) is 11.2 Å². The van der Waals surface area contributed by atoms with E-state index < -0.39 is 0 Å². The third-order valence-corrected chi connectivity index (χ3v) is 12.0. The van der Waals surface area contributed by atoms with E-state index in [-0.39, 0.29) is 0 Å². The number of hydrogen-bond acceptors (Lipinski definition) is 2. The Morgan fingerprint density at radius 2 is 0.948 bits per heavy atom. The van der Waals surface area contributed by atoms with Gasteiger partial charge in [-0.3, -0.25) is 0 Å². The van der Waals surface area contributed by atoms with E-state index in [1.54, 1.807) is 0 Å². The molecule has 0 N–H and O–H groups in total. The molecule has 0 unspecified atom stereocenters. The molecule has 58 heavy (non-hydrogen) atoms. The number of benzene rings is 9. The zero-order valence-corrected chi connectivity index (χ0v) is 31.6. The number of rotatable bonds is 6. The van der Waals surface area contributed by atoms with Gasteiger partial charge in [-0.15, -0.1) is 0 Å². The van der Waals surface area contributed by atoms with Crippen LogP contribution in [-0.4, -0.2) is 4.57 Å². The molecule has 1 aliphatic carbocycles. The molecular formula is C55H36N2O. The maximum atomic E-state index is 6.24. The lowest BCUT2D eigenvalue weighted by Crippen LogP contribution is -2.09. The molecule has 3 heteroatoms. The fourth-order valence-electron chi connectivity index (χ4n) is 9.24. The molecule has 0 saturated carbocycles. The highest BCUT2D eigenvalue weighted by molar-refractivity contribution is 6.10. The van der Waals surface area contributed by atoms with E-state index in [1.165, 1.54) is 72.0 Å². The monoisotopic (exact) mass is 740 g/mol. The Morgan fingerprint density at radius 1 is 0.362 bits per heavy atom. The third kappa shape index (κ3) is 5.21. The Balaban J connectivity index is 0.937. The number of anilines is 3. The fraction of sp³-hybridized carbons (Fsp3) is 0.0182. The van der Waals surface area contributed by atoms with Crippen LogP contribution in [0.3, 0.4) is 0 Å². The molecule has 0 atom stereocenters. The Labute approximate surface area is 336 Å². The van der Waals surface area contributed by atoms with Gasteiger partial charge in [-0.05, 0) is 130 Å². The van der Waals surface area contributed by atoms with Crippen LogP contribution in [0.1, 0.15) is 11.1 Å². The van der Waals surface area contributed by atoms with Crippen molar-refractivity contribution >= 4 is 60.8 Å². The van der Waals surface area contributed by atoms with Gasteiger partial charge in [-0.25, -0.2) is 0 Å². The van der Waals surface area contributed by atoms with Crippen molar-refractivity contribution in [3.05, 3.63) is 217 Å². The maximum absolute atomic E-state index is 6.24. The number of fused-ring (bicyclic) bond motifs is 9. The van der Waals surface area contributed by atoms with Gasteiger partial charge in [0.2, 0.25) is 0 Å². The van der Waals surface area contributed by atoms with Crippen molar-refractivity contribution in [3.8, 4) is 39.1 Å². The van der Waals surface area contributed by atoms with E-state index in [9.17, 15) is 0 Å². The van der Waals surface area contributed by atoms with Crippen molar-refractivity contribution in [1.29, 1.82) is 0 Å². The minimum atomic E-state index is 0.887. The van der Waals surface area contributed by atoms with E-state index in [0.29, 0.717) is 0 Å². The van der Waals surface area contributed by atoms with Crippen molar-refractivity contribution < 1.29 is 4.42 Å². The zero-order valence-electron chi connectivity index (χ0n) is 31.6. The molecule has 3 nitrogen and oxygen atoms in total. The minimum Gasteiger partial charge on any atom is -0.456 e. The summed E-state index contributed by atoms with van der Waals surface area (Å²) < 4.78 is 8.61. The van der Waals surface area contributed by atoms with Crippen LogP contribution in [0.4, 0.5) is 17.1 Å². The molecule has 2 aromatic heterocycles. The van der Waals surface area contributed by atoms with Crippen LogP contribution in [0.25, 0.3) is 82.8 Å². The SMILES string of the molecule is c1ccc(-n2c3ccccc3c3cc(-c4ccc(N(c5ccc(-c6ccc7c(c6)Cc6ccccc6-7)cc5)c5ccc6oc7ccccc7c6c5)cc4)ccc32)cc1. The first-order valence-electron chi connectivity index (χ1n) is 20.0. The van der Waals surface area contributed by atoms with Crippen LogP contribution >= 0.6 is 0 Å². The summed E-state index contributed by atoms with van der Waals surface area (Å²) in [7, 11) is 0. The predicted molar refractivity (Wildman–Crippen MR) is 242 cm³/mol. The van der Waals surface area contributed by atoms with Gasteiger partial charge in [0.25, 0.3) is 0 Å². The largest absolute Gasteiger partial charge is 0.456 e. The van der Waals surface area contributed by atoms with Gasteiger partial charge in [0, 0.05) is 44.3 Å². The van der Waals surface area contributed by atoms with Crippen LogP contribution in [0.2, 0.25) is 0 Å². The number of nitrogens with zero attached hydrogens (tertiary/aromatic N) is 2. The summed E-state index contributed by atoms with van der Waals surface area (Å²) in [5.41, 5.74) is 18.9. The van der Waals surface area contributed by atoms with E-state index in [0.717, 1.165) is 45.4 Å². The lowest BCUT2D eigenvalue weighted by atomic mass is 9.98. The molecule has 0 radical (unpaired) electrons. The Hall–Kier alpha value is -7.62. The summed E-state index contributed by atoms with van der Waals surface area (Å²) in [5, 5.41) is 4.72. The van der Waals surface area contributed by atoms with E-state index in [2.05, 4.69) is 204 Å². The highest BCUT2D eigenvalue weighted by Crippen LogP contribution is 2.42.